The van der Waals surface area contributed by atoms with Crippen LogP contribution in [0.25, 0.3) is 0 Å². The molecule has 2 aromatic carbocycles. The van der Waals surface area contributed by atoms with E-state index in [0.29, 0.717) is 30.8 Å². The number of nitrogens with zero attached hydrogens (tertiary/aromatic N) is 2. The van der Waals surface area contributed by atoms with Crippen LogP contribution in [0.4, 0.5) is 10.1 Å². The summed E-state index contributed by atoms with van der Waals surface area (Å²) in [7, 11) is 1.54. The highest BCUT2D eigenvalue weighted by molar-refractivity contribution is 6.01. The number of anilines is 1. The normalized spacial score (nSPS) is 16.9. The molecule has 5 rings (SSSR count). The summed E-state index contributed by atoms with van der Waals surface area (Å²) in [5.74, 6) is -1.58. The second-order valence-electron chi connectivity index (χ2n) is 10.6. The number of hydrogen-bond acceptors (Lipinski definition) is 6. The van der Waals surface area contributed by atoms with Crippen LogP contribution >= 0.6 is 0 Å². The highest BCUT2D eigenvalue weighted by Crippen LogP contribution is 2.35. The zero-order valence-corrected chi connectivity index (χ0v) is 22.6. The van der Waals surface area contributed by atoms with Crippen LogP contribution in [0.15, 0.2) is 51.8 Å². The molecule has 1 unspecified atom stereocenters. The quantitative estimate of drug-likeness (QED) is 0.485. The number of rotatable bonds is 6. The molecule has 0 aliphatic carbocycles. The van der Waals surface area contributed by atoms with Gasteiger partial charge in [0, 0.05) is 30.9 Å². The summed E-state index contributed by atoms with van der Waals surface area (Å²) in [5, 5.41) is 4.82. The van der Waals surface area contributed by atoms with Crippen molar-refractivity contribution < 1.29 is 28.0 Å². The summed E-state index contributed by atoms with van der Waals surface area (Å²) >= 11 is 0. The minimum atomic E-state index is -1.08. The van der Waals surface area contributed by atoms with Gasteiger partial charge < -0.3 is 24.4 Å². The minimum Gasteiger partial charge on any atom is -0.497 e. The number of ether oxygens (including phenoxy) is 1. The predicted molar refractivity (Wildman–Crippen MR) is 144 cm³/mol. The van der Waals surface area contributed by atoms with Gasteiger partial charge >= 0.3 is 0 Å². The second-order valence-corrected chi connectivity index (χ2v) is 10.6. The fraction of sp³-hybridized carbons (Fsp3) is 0.379. The number of benzene rings is 2. The number of fused-ring (bicyclic) bond motifs is 1. The van der Waals surface area contributed by atoms with Gasteiger partial charge in [0.25, 0.3) is 17.4 Å². The van der Waals surface area contributed by atoms with Gasteiger partial charge in [-0.1, -0.05) is 12.1 Å². The molecule has 1 saturated heterocycles. The van der Waals surface area contributed by atoms with E-state index >= 15 is 4.39 Å². The second kappa shape index (κ2) is 10.6. The lowest BCUT2D eigenvalue weighted by Crippen LogP contribution is -2.45. The molecule has 0 saturated carbocycles. The average molecular weight is 551 g/mol. The van der Waals surface area contributed by atoms with E-state index in [1.165, 1.54) is 24.1 Å². The standard InChI is InChI=1S/C29H31FN4O6/c1-29(2,28(38)33-11-4-5-12-33)21-9-6-18(15-22(21)30)31-26(36)25-20-8-7-19(39-3)14-17(20)10-13-34(25)27(37)23-16-24(35)32-40-23/h6-9,14-16,25H,4-5,10-13H2,1-3H3,(H,31,36)(H,32,35). The largest absolute Gasteiger partial charge is 0.497 e. The smallest absolute Gasteiger partial charge is 0.293 e. The van der Waals surface area contributed by atoms with Crippen LogP contribution in [0.1, 0.15) is 60.0 Å². The number of likely N-dealkylation sites (tertiary alicyclic amines) is 1. The van der Waals surface area contributed by atoms with Crippen molar-refractivity contribution in [2.75, 3.05) is 32.1 Å². The molecule has 1 fully saturated rings. The number of nitrogens with one attached hydrogen (secondary N) is 2. The maximum atomic E-state index is 15.4. The number of carbonyl (C=O) groups excluding carboxylic acids is 3. The first kappa shape index (κ1) is 27.2. The summed E-state index contributed by atoms with van der Waals surface area (Å²) < 4.78 is 25.7. The van der Waals surface area contributed by atoms with Gasteiger partial charge in [-0.3, -0.25) is 19.2 Å². The first-order valence-electron chi connectivity index (χ1n) is 13.2. The highest BCUT2D eigenvalue weighted by atomic mass is 19.1. The number of amides is 3. The Balaban J connectivity index is 1.43. The van der Waals surface area contributed by atoms with Crippen molar-refractivity contribution in [2.45, 2.75) is 44.6 Å². The summed E-state index contributed by atoms with van der Waals surface area (Å²) in [5.41, 5.74) is 0.150. The van der Waals surface area contributed by atoms with Crippen LogP contribution < -0.4 is 15.6 Å². The van der Waals surface area contributed by atoms with E-state index in [9.17, 15) is 19.2 Å². The molecule has 2 N–H and O–H groups in total. The minimum absolute atomic E-state index is 0.138. The van der Waals surface area contributed by atoms with Gasteiger partial charge in [-0.2, -0.15) is 5.16 Å². The van der Waals surface area contributed by atoms with Crippen molar-refractivity contribution in [2.24, 2.45) is 0 Å². The summed E-state index contributed by atoms with van der Waals surface area (Å²) in [4.78, 5) is 54.7. The van der Waals surface area contributed by atoms with E-state index in [1.54, 1.807) is 36.9 Å². The van der Waals surface area contributed by atoms with E-state index < -0.39 is 34.6 Å². The first-order valence-corrected chi connectivity index (χ1v) is 13.2. The van der Waals surface area contributed by atoms with E-state index in [0.717, 1.165) is 24.5 Å². The Labute approximate surface area is 230 Å². The Kier molecular flexibility index (Phi) is 7.22. The maximum absolute atomic E-state index is 15.4. The van der Waals surface area contributed by atoms with E-state index in [2.05, 4.69) is 10.5 Å². The lowest BCUT2D eigenvalue weighted by atomic mass is 9.82. The molecule has 40 heavy (non-hydrogen) atoms. The number of methoxy groups -OCH3 is 1. The monoisotopic (exact) mass is 550 g/mol. The van der Waals surface area contributed by atoms with Crippen LogP contribution in [0.5, 0.6) is 5.75 Å². The average Bonchev–Trinajstić information content (AvgIpc) is 3.63. The summed E-state index contributed by atoms with van der Waals surface area (Å²) in [6.45, 7) is 4.88. The number of hydrogen-bond donors (Lipinski definition) is 2. The van der Waals surface area contributed by atoms with E-state index in [-0.39, 0.29) is 29.5 Å². The first-order chi connectivity index (χ1) is 19.1. The van der Waals surface area contributed by atoms with E-state index in [4.69, 9.17) is 9.26 Å². The van der Waals surface area contributed by atoms with Gasteiger partial charge in [0.2, 0.25) is 11.7 Å². The predicted octanol–water partition coefficient (Wildman–Crippen LogP) is 3.39. The summed E-state index contributed by atoms with van der Waals surface area (Å²) in [6.07, 6.45) is 2.31. The lowest BCUT2D eigenvalue weighted by Gasteiger charge is -2.36. The van der Waals surface area contributed by atoms with Crippen molar-refractivity contribution >= 4 is 23.4 Å². The third-order valence-electron chi connectivity index (χ3n) is 7.66. The molecule has 0 spiro atoms. The van der Waals surface area contributed by atoms with Gasteiger partial charge in [0.15, 0.2) is 0 Å². The van der Waals surface area contributed by atoms with Crippen LogP contribution in [-0.2, 0) is 21.4 Å². The van der Waals surface area contributed by atoms with Gasteiger partial charge in [-0.15, -0.1) is 0 Å². The number of carbonyl (C=O) groups is 3. The molecule has 3 aromatic rings. The molecular formula is C29H31FN4O6. The number of aromatic nitrogens is 1. The van der Waals surface area contributed by atoms with Gasteiger partial charge in [0.1, 0.15) is 17.6 Å². The molecular weight excluding hydrogens is 519 g/mol. The van der Waals surface area contributed by atoms with E-state index in [1.807, 2.05) is 6.07 Å². The zero-order valence-electron chi connectivity index (χ0n) is 22.6. The molecule has 1 aromatic heterocycles. The molecule has 3 heterocycles. The third-order valence-corrected chi connectivity index (χ3v) is 7.66. The Bertz CT molecular complexity index is 1520. The van der Waals surface area contributed by atoms with Crippen LogP contribution in [-0.4, -0.2) is 59.4 Å². The number of H-pyrrole nitrogens is 1. The highest BCUT2D eigenvalue weighted by Gasteiger charge is 2.39. The molecule has 210 valence electrons. The van der Waals surface area contributed by atoms with Crippen molar-refractivity contribution in [3.05, 3.63) is 81.1 Å². The lowest BCUT2D eigenvalue weighted by molar-refractivity contribution is -0.135. The molecule has 1 atom stereocenters. The molecule has 0 radical (unpaired) electrons. The van der Waals surface area contributed by atoms with Crippen LogP contribution in [0, 0.1) is 5.82 Å². The van der Waals surface area contributed by atoms with Crippen molar-refractivity contribution in [3.8, 4) is 5.75 Å². The number of aromatic amines is 1. The maximum Gasteiger partial charge on any atom is 0.293 e. The molecule has 10 nitrogen and oxygen atoms in total. The van der Waals surface area contributed by atoms with Gasteiger partial charge in [0.05, 0.1) is 18.6 Å². The van der Waals surface area contributed by atoms with Crippen LogP contribution in [0.3, 0.4) is 0 Å². The molecule has 2 aliphatic rings. The molecule has 11 heteroatoms. The fourth-order valence-corrected chi connectivity index (χ4v) is 5.50. The Morgan fingerprint density at radius 1 is 1.07 bits per heavy atom. The molecule has 3 amide bonds. The SMILES string of the molecule is COc1ccc2c(c1)CCN(C(=O)c1cc(=O)[nH]o1)C2C(=O)Nc1ccc(C(C)(C)C(=O)N2CCCC2)c(F)c1. The van der Waals surface area contributed by atoms with Crippen molar-refractivity contribution in [3.63, 3.8) is 0 Å². The number of halogens is 1. The molecule has 0 bridgehead atoms. The van der Waals surface area contributed by atoms with Crippen LogP contribution in [0.2, 0.25) is 0 Å². The Morgan fingerprint density at radius 2 is 1.82 bits per heavy atom. The summed E-state index contributed by atoms with van der Waals surface area (Å²) in [6, 6.07) is 9.39. The fourth-order valence-electron chi connectivity index (χ4n) is 5.50. The topological polar surface area (TPSA) is 125 Å². The Hall–Kier alpha value is -4.41. The van der Waals surface area contributed by atoms with Gasteiger partial charge in [-0.25, -0.2) is 4.39 Å². The third kappa shape index (κ3) is 4.99. The Morgan fingerprint density at radius 3 is 2.48 bits per heavy atom. The van der Waals surface area contributed by atoms with Crippen molar-refractivity contribution in [1.29, 1.82) is 0 Å². The molecule has 2 aliphatic heterocycles. The zero-order chi connectivity index (χ0) is 28.6. The van der Waals surface area contributed by atoms with Gasteiger partial charge in [-0.05, 0) is 68.5 Å². The van der Waals surface area contributed by atoms with Crippen molar-refractivity contribution in [1.82, 2.24) is 15.0 Å².